The van der Waals surface area contributed by atoms with Crippen molar-refractivity contribution in [1.29, 1.82) is 0 Å². The SMILES string of the molecule is CC(C)(C)N1O[C@H]2CCCC=C2[C@@H]1c1ccc(-c2ccoc2)nc1. The molecule has 0 aromatic carbocycles. The van der Waals surface area contributed by atoms with Crippen LogP contribution in [0.4, 0.5) is 0 Å². The van der Waals surface area contributed by atoms with Crippen molar-refractivity contribution in [3.63, 3.8) is 0 Å². The first-order valence-corrected chi connectivity index (χ1v) is 8.68. The van der Waals surface area contributed by atoms with Gasteiger partial charge in [0.25, 0.3) is 0 Å². The molecule has 2 atom stereocenters. The predicted octanol–water partition coefficient (Wildman–Crippen LogP) is 4.91. The molecule has 2 aliphatic rings. The molecule has 4 rings (SSSR count). The zero-order chi connectivity index (χ0) is 16.7. The molecule has 0 unspecified atom stereocenters. The number of nitrogens with zero attached hydrogens (tertiary/aromatic N) is 2. The Balaban J connectivity index is 1.70. The van der Waals surface area contributed by atoms with Crippen LogP contribution in [0.5, 0.6) is 0 Å². The molecule has 0 spiro atoms. The fraction of sp³-hybridized carbons (Fsp3) is 0.450. The third-order valence-electron chi connectivity index (χ3n) is 4.79. The maximum Gasteiger partial charge on any atom is 0.102 e. The molecule has 2 aromatic heterocycles. The number of hydrogen-bond acceptors (Lipinski definition) is 4. The number of pyridine rings is 1. The van der Waals surface area contributed by atoms with E-state index in [4.69, 9.17) is 9.25 Å². The molecule has 1 fully saturated rings. The van der Waals surface area contributed by atoms with Crippen molar-refractivity contribution >= 4 is 0 Å². The molecule has 1 aliphatic carbocycles. The van der Waals surface area contributed by atoms with Crippen molar-refractivity contribution in [3.8, 4) is 11.3 Å². The van der Waals surface area contributed by atoms with Gasteiger partial charge in [0.1, 0.15) is 6.10 Å². The van der Waals surface area contributed by atoms with Crippen LogP contribution >= 0.6 is 0 Å². The summed E-state index contributed by atoms with van der Waals surface area (Å²) in [7, 11) is 0. The van der Waals surface area contributed by atoms with Crippen molar-refractivity contribution in [1.82, 2.24) is 10.0 Å². The first kappa shape index (κ1) is 15.6. The van der Waals surface area contributed by atoms with Gasteiger partial charge in [-0.3, -0.25) is 9.82 Å². The number of hydroxylamine groups is 2. The van der Waals surface area contributed by atoms with Crippen LogP contribution in [0.1, 0.15) is 51.6 Å². The molecule has 0 saturated carbocycles. The van der Waals surface area contributed by atoms with E-state index in [2.05, 4.69) is 49.0 Å². The first-order chi connectivity index (χ1) is 11.5. The summed E-state index contributed by atoms with van der Waals surface area (Å²) in [5.74, 6) is 0. The van der Waals surface area contributed by atoms with Crippen LogP contribution in [0.3, 0.4) is 0 Å². The first-order valence-electron chi connectivity index (χ1n) is 8.68. The minimum Gasteiger partial charge on any atom is -0.472 e. The van der Waals surface area contributed by atoms with E-state index < -0.39 is 0 Å². The fourth-order valence-electron chi connectivity index (χ4n) is 3.63. The summed E-state index contributed by atoms with van der Waals surface area (Å²) in [5, 5.41) is 2.16. The topological polar surface area (TPSA) is 38.5 Å². The molecule has 2 aromatic rings. The number of aromatic nitrogens is 1. The second kappa shape index (κ2) is 5.87. The van der Waals surface area contributed by atoms with Gasteiger partial charge in [-0.1, -0.05) is 12.1 Å². The van der Waals surface area contributed by atoms with Gasteiger partial charge in [0, 0.05) is 17.3 Å². The van der Waals surface area contributed by atoms with Crippen LogP contribution in [0.2, 0.25) is 0 Å². The van der Waals surface area contributed by atoms with Gasteiger partial charge in [-0.05, 0) is 63.3 Å². The summed E-state index contributed by atoms with van der Waals surface area (Å²) in [4.78, 5) is 11.0. The summed E-state index contributed by atoms with van der Waals surface area (Å²) < 4.78 is 5.15. The highest BCUT2D eigenvalue weighted by Gasteiger charge is 2.44. The second-order valence-electron chi connectivity index (χ2n) is 7.62. The largest absolute Gasteiger partial charge is 0.472 e. The molecule has 4 nitrogen and oxygen atoms in total. The molecular weight excluding hydrogens is 300 g/mol. The number of furan rings is 1. The zero-order valence-corrected chi connectivity index (χ0v) is 14.5. The summed E-state index contributed by atoms with van der Waals surface area (Å²) in [6, 6.07) is 6.32. The number of rotatable bonds is 2. The van der Waals surface area contributed by atoms with Gasteiger partial charge in [-0.15, -0.1) is 0 Å². The highest BCUT2D eigenvalue weighted by Crippen LogP contribution is 2.46. The van der Waals surface area contributed by atoms with Crippen LogP contribution in [-0.4, -0.2) is 21.7 Å². The Bertz CT molecular complexity index is 726. The molecule has 0 N–H and O–H groups in total. The minimum absolute atomic E-state index is 0.0634. The molecular formula is C20H24N2O2. The van der Waals surface area contributed by atoms with E-state index in [0.29, 0.717) is 0 Å². The van der Waals surface area contributed by atoms with Crippen LogP contribution in [0, 0.1) is 0 Å². The molecule has 1 saturated heterocycles. The van der Waals surface area contributed by atoms with E-state index in [1.165, 1.54) is 17.6 Å². The smallest absolute Gasteiger partial charge is 0.102 e. The Morgan fingerprint density at radius 3 is 2.75 bits per heavy atom. The standard InChI is InChI=1S/C20H24N2O2/c1-20(2,3)22-19(16-6-4-5-7-18(16)24-22)14-8-9-17(21-12-14)15-10-11-23-13-15/h6,8-13,18-19H,4-5,7H2,1-3H3/t18-,19-/m0/s1. The minimum atomic E-state index is -0.0634. The lowest BCUT2D eigenvalue weighted by Crippen LogP contribution is -2.40. The molecule has 3 heterocycles. The predicted molar refractivity (Wildman–Crippen MR) is 93.1 cm³/mol. The molecule has 0 bridgehead atoms. The quantitative estimate of drug-likeness (QED) is 0.736. The Morgan fingerprint density at radius 2 is 2.08 bits per heavy atom. The van der Waals surface area contributed by atoms with Crippen molar-refractivity contribution in [2.24, 2.45) is 0 Å². The Hall–Kier alpha value is -1.91. The molecule has 4 heteroatoms. The highest BCUT2D eigenvalue weighted by molar-refractivity contribution is 5.57. The molecule has 1 aliphatic heterocycles. The van der Waals surface area contributed by atoms with Gasteiger partial charge in [0.15, 0.2) is 0 Å². The lowest BCUT2D eigenvalue weighted by molar-refractivity contribution is -0.214. The zero-order valence-electron chi connectivity index (χ0n) is 14.5. The Kier molecular flexibility index (Phi) is 3.82. The van der Waals surface area contributed by atoms with Crippen LogP contribution < -0.4 is 0 Å². The Morgan fingerprint density at radius 1 is 1.21 bits per heavy atom. The van der Waals surface area contributed by atoms with Gasteiger partial charge in [-0.25, -0.2) is 0 Å². The highest BCUT2D eigenvalue weighted by atomic mass is 16.7. The monoisotopic (exact) mass is 324 g/mol. The van der Waals surface area contributed by atoms with E-state index in [0.717, 1.165) is 24.1 Å². The van der Waals surface area contributed by atoms with E-state index in [1.807, 2.05) is 12.3 Å². The average molecular weight is 324 g/mol. The second-order valence-corrected chi connectivity index (χ2v) is 7.62. The maximum atomic E-state index is 6.32. The molecule has 126 valence electrons. The Labute approximate surface area is 143 Å². The van der Waals surface area contributed by atoms with Crippen LogP contribution in [0.25, 0.3) is 11.3 Å². The number of fused-ring (bicyclic) bond motifs is 1. The van der Waals surface area contributed by atoms with Gasteiger partial charge >= 0.3 is 0 Å². The summed E-state index contributed by atoms with van der Waals surface area (Å²) in [6.45, 7) is 6.60. The van der Waals surface area contributed by atoms with E-state index >= 15 is 0 Å². The van der Waals surface area contributed by atoms with Crippen molar-refractivity contribution in [2.75, 3.05) is 0 Å². The van der Waals surface area contributed by atoms with E-state index in [9.17, 15) is 0 Å². The molecule has 24 heavy (non-hydrogen) atoms. The third kappa shape index (κ3) is 2.70. The number of allylic oxidation sites excluding steroid dienone is 1. The lowest BCUT2D eigenvalue weighted by atomic mass is 9.88. The maximum absolute atomic E-state index is 6.32. The average Bonchev–Trinajstić information content (AvgIpc) is 3.22. The molecule has 0 amide bonds. The number of hydrogen-bond donors (Lipinski definition) is 0. The lowest BCUT2D eigenvalue weighted by Gasteiger charge is -2.35. The van der Waals surface area contributed by atoms with Crippen LogP contribution in [-0.2, 0) is 4.84 Å². The normalized spacial score (nSPS) is 24.7. The summed E-state index contributed by atoms with van der Waals surface area (Å²) >= 11 is 0. The molecule has 0 radical (unpaired) electrons. The van der Waals surface area contributed by atoms with Crippen molar-refractivity contribution in [3.05, 3.63) is 54.1 Å². The van der Waals surface area contributed by atoms with Gasteiger partial charge in [0.05, 0.1) is 24.3 Å². The van der Waals surface area contributed by atoms with Gasteiger partial charge in [-0.2, -0.15) is 5.06 Å². The van der Waals surface area contributed by atoms with Crippen LogP contribution in [0.15, 0.2) is 53.0 Å². The van der Waals surface area contributed by atoms with E-state index in [1.54, 1.807) is 12.5 Å². The fourth-order valence-corrected chi connectivity index (χ4v) is 3.63. The third-order valence-corrected chi connectivity index (χ3v) is 4.79. The summed E-state index contributed by atoms with van der Waals surface area (Å²) in [6.07, 6.45) is 11.4. The van der Waals surface area contributed by atoms with Gasteiger partial charge < -0.3 is 4.42 Å². The van der Waals surface area contributed by atoms with Crippen molar-refractivity contribution < 1.29 is 9.25 Å². The van der Waals surface area contributed by atoms with Crippen molar-refractivity contribution in [2.45, 2.75) is 57.7 Å². The summed E-state index contributed by atoms with van der Waals surface area (Å²) in [5.41, 5.74) is 4.46. The van der Waals surface area contributed by atoms with Gasteiger partial charge in [0.2, 0.25) is 0 Å². The van der Waals surface area contributed by atoms with E-state index in [-0.39, 0.29) is 17.7 Å².